The average Bonchev–Trinajstić information content (AvgIpc) is 2.38. The van der Waals surface area contributed by atoms with Crippen LogP contribution in [0.4, 0.5) is 0 Å². The second kappa shape index (κ2) is 8.43. The van der Waals surface area contributed by atoms with Gasteiger partial charge in [0.15, 0.2) is 0 Å². The molecule has 0 aromatic heterocycles. The van der Waals surface area contributed by atoms with Gasteiger partial charge in [0.2, 0.25) is 0 Å². The number of rotatable bonds is 8. The molecule has 96 valence electrons. The second-order valence-corrected chi connectivity index (χ2v) is 5.43. The number of ether oxygens (including phenoxy) is 1. The van der Waals surface area contributed by atoms with Crippen molar-refractivity contribution in [3.8, 4) is 5.75 Å². The molecule has 0 amide bonds. The van der Waals surface area contributed by atoms with E-state index < -0.39 is 0 Å². The molecule has 1 atom stereocenters. The summed E-state index contributed by atoms with van der Waals surface area (Å²) in [4.78, 5) is 0. The van der Waals surface area contributed by atoms with Crippen LogP contribution in [0.1, 0.15) is 25.8 Å². The van der Waals surface area contributed by atoms with Crippen LogP contribution < -0.4 is 10.5 Å². The molecular formula is C14H23NOS. The average molecular weight is 253 g/mol. The van der Waals surface area contributed by atoms with Gasteiger partial charge in [0.1, 0.15) is 5.75 Å². The summed E-state index contributed by atoms with van der Waals surface area (Å²) >= 11 is 1.97. The quantitative estimate of drug-likeness (QED) is 0.722. The van der Waals surface area contributed by atoms with Crippen molar-refractivity contribution in [2.24, 2.45) is 11.7 Å². The lowest BCUT2D eigenvalue weighted by atomic mass is 10.2. The Morgan fingerprint density at radius 3 is 2.59 bits per heavy atom. The maximum absolute atomic E-state index is 5.66. The topological polar surface area (TPSA) is 35.2 Å². The first-order valence-electron chi connectivity index (χ1n) is 6.25. The minimum atomic E-state index is 0.588. The first-order valence-corrected chi connectivity index (χ1v) is 7.41. The van der Waals surface area contributed by atoms with Gasteiger partial charge in [-0.25, -0.2) is 0 Å². The van der Waals surface area contributed by atoms with Crippen molar-refractivity contribution in [3.05, 3.63) is 29.8 Å². The second-order valence-electron chi connectivity index (χ2n) is 4.28. The van der Waals surface area contributed by atoms with E-state index in [1.807, 2.05) is 36.0 Å². The van der Waals surface area contributed by atoms with Crippen molar-refractivity contribution in [2.75, 3.05) is 18.1 Å². The van der Waals surface area contributed by atoms with Crippen LogP contribution in [0.15, 0.2) is 24.3 Å². The van der Waals surface area contributed by atoms with Crippen LogP contribution in [-0.2, 0) is 6.54 Å². The van der Waals surface area contributed by atoms with E-state index >= 15 is 0 Å². The van der Waals surface area contributed by atoms with Crippen molar-refractivity contribution in [3.63, 3.8) is 0 Å². The van der Waals surface area contributed by atoms with Crippen molar-refractivity contribution >= 4 is 11.8 Å². The number of nitrogens with two attached hydrogens (primary N) is 1. The zero-order chi connectivity index (χ0) is 12.5. The van der Waals surface area contributed by atoms with E-state index in [0.29, 0.717) is 6.54 Å². The first-order chi connectivity index (χ1) is 8.26. The summed E-state index contributed by atoms with van der Waals surface area (Å²) in [5.41, 5.74) is 6.68. The molecule has 0 bridgehead atoms. The Morgan fingerprint density at radius 1 is 1.29 bits per heavy atom. The van der Waals surface area contributed by atoms with Gasteiger partial charge >= 0.3 is 0 Å². The molecule has 1 rings (SSSR count). The molecule has 1 aromatic carbocycles. The van der Waals surface area contributed by atoms with Crippen molar-refractivity contribution in [1.29, 1.82) is 0 Å². The van der Waals surface area contributed by atoms with Crippen LogP contribution in [-0.4, -0.2) is 18.1 Å². The molecule has 0 saturated carbocycles. The molecule has 17 heavy (non-hydrogen) atoms. The van der Waals surface area contributed by atoms with Gasteiger partial charge in [-0.05, 0) is 29.4 Å². The summed E-state index contributed by atoms with van der Waals surface area (Å²) in [6.07, 6.45) is 1.26. The lowest BCUT2D eigenvalue weighted by Crippen LogP contribution is -2.03. The molecular weight excluding hydrogens is 230 g/mol. The highest BCUT2D eigenvalue weighted by atomic mass is 32.2. The summed E-state index contributed by atoms with van der Waals surface area (Å²) in [5, 5.41) is 0. The maximum Gasteiger partial charge on any atom is 0.119 e. The summed E-state index contributed by atoms with van der Waals surface area (Å²) in [6, 6.07) is 8.01. The third kappa shape index (κ3) is 5.99. The zero-order valence-electron chi connectivity index (χ0n) is 10.8. The number of benzene rings is 1. The van der Waals surface area contributed by atoms with Crippen LogP contribution >= 0.6 is 11.8 Å². The molecule has 1 unspecified atom stereocenters. The van der Waals surface area contributed by atoms with Crippen LogP contribution in [0.2, 0.25) is 0 Å². The van der Waals surface area contributed by atoms with E-state index in [-0.39, 0.29) is 0 Å². The van der Waals surface area contributed by atoms with Crippen molar-refractivity contribution < 1.29 is 4.74 Å². The third-order valence-electron chi connectivity index (χ3n) is 2.75. The van der Waals surface area contributed by atoms with Gasteiger partial charge in [-0.15, -0.1) is 0 Å². The van der Waals surface area contributed by atoms with Gasteiger partial charge in [0.05, 0.1) is 6.61 Å². The molecule has 0 spiro atoms. The fourth-order valence-corrected chi connectivity index (χ4v) is 2.35. The van der Waals surface area contributed by atoms with Crippen LogP contribution in [0.3, 0.4) is 0 Å². The van der Waals surface area contributed by atoms with E-state index in [9.17, 15) is 0 Å². The molecule has 1 aromatic rings. The van der Waals surface area contributed by atoms with Crippen molar-refractivity contribution in [1.82, 2.24) is 0 Å². The van der Waals surface area contributed by atoms with E-state index in [0.717, 1.165) is 29.6 Å². The Kier molecular flexibility index (Phi) is 7.13. The lowest BCUT2D eigenvalue weighted by molar-refractivity contribution is 0.344. The molecule has 2 nitrogen and oxygen atoms in total. The van der Waals surface area contributed by atoms with Crippen LogP contribution in [0.25, 0.3) is 0 Å². The standard InChI is InChI=1S/C14H23NOS/c1-3-12(2)11-17-9-8-16-14-6-4-13(10-15)5-7-14/h4-7,12H,3,8-11,15H2,1-2H3. The van der Waals surface area contributed by atoms with E-state index in [4.69, 9.17) is 10.5 Å². The molecule has 0 aliphatic carbocycles. The van der Waals surface area contributed by atoms with Crippen LogP contribution in [0.5, 0.6) is 5.75 Å². The molecule has 0 aliphatic heterocycles. The summed E-state index contributed by atoms with van der Waals surface area (Å²) in [5.74, 6) is 4.03. The highest BCUT2D eigenvalue weighted by molar-refractivity contribution is 7.99. The Labute approximate surface area is 109 Å². The fraction of sp³-hybridized carbons (Fsp3) is 0.571. The SMILES string of the molecule is CCC(C)CSCCOc1ccc(CN)cc1. The van der Waals surface area contributed by atoms with E-state index in [2.05, 4.69) is 13.8 Å². The fourth-order valence-electron chi connectivity index (χ4n) is 1.34. The molecule has 2 N–H and O–H groups in total. The van der Waals surface area contributed by atoms with Gasteiger partial charge in [-0.3, -0.25) is 0 Å². The van der Waals surface area contributed by atoms with Gasteiger partial charge < -0.3 is 10.5 Å². The lowest BCUT2D eigenvalue weighted by Gasteiger charge is -2.09. The molecule has 0 radical (unpaired) electrons. The van der Waals surface area contributed by atoms with Crippen molar-refractivity contribution in [2.45, 2.75) is 26.8 Å². The monoisotopic (exact) mass is 253 g/mol. The summed E-state index contributed by atoms with van der Waals surface area (Å²) < 4.78 is 5.66. The van der Waals surface area contributed by atoms with Gasteiger partial charge in [0.25, 0.3) is 0 Å². The summed E-state index contributed by atoms with van der Waals surface area (Å²) in [6.45, 7) is 5.90. The highest BCUT2D eigenvalue weighted by Crippen LogP contribution is 2.14. The largest absolute Gasteiger partial charge is 0.493 e. The molecule has 0 saturated heterocycles. The molecule has 3 heteroatoms. The minimum Gasteiger partial charge on any atom is -0.493 e. The zero-order valence-corrected chi connectivity index (χ0v) is 11.6. The maximum atomic E-state index is 5.66. The van der Waals surface area contributed by atoms with E-state index in [1.165, 1.54) is 12.2 Å². The van der Waals surface area contributed by atoms with Gasteiger partial charge in [0, 0.05) is 12.3 Å². The molecule has 0 aliphatic rings. The predicted molar refractivity (Wildman–Crippen MR) is 76.6 cm³/mol. The normalized spacial score (nSPS) is 12.4. The van der Waals surface area contributed by atoms with Gasteiger partial charge in [-0.1, -0.05) is 32.4 Å². The summed E-state index contributed by atoms with van der Waals surface area (Å²) in [7, 11) is 0. The Hall–Kier alpha value is -0.670. The minimum absolute atomic E-state index is 0.588. The van der Waals surface area contributed by atoms with Gasteiger partial charge in [-0.2, -0.15) is 11.8 Å². The molecule has 0 heterocycles. The smallest absolute Gasteiger partial charge is 0.119 e. The first kappa shape index (κ1) is 14.4. The third-order valence-corrected chi connectivity index (χ3v) is 4.01. The Morgan fingerprint density at radius 2 is 2.00 bits per heavy atom. The Bertz CT molecular complexity index is 300. The van der Waals surface area contributed by atoms with E-state index in [1.54, 1.807) is 0 Å². The highest BCUT2D eigenvalue weighted by Gasteiger charge is 1.99. The van der Waals surface area contributed by atoms with Crippen LogP contribution in [0, 0.1) is 5.92 Å². The molecule has 0 fully saturated rings. The number of hydrogen-bond donors (Lipinski definition) is 1. The number of hydrogen-bond acceptors (Lipinski definition) is 3. The predicted octanol–water partition coefficient (Wildman–Crippen LogP) is 3.30. The Balaban J connectivity index is 2.13. The number of thioether (sulfide) groups is 1.